The van der Waals surface area contributed by atoms with Gasteiger partial charge in [-0.15, -0.1) is 0 Å². The number of hydrogen-bond acceptors (Lipinski definition) is 4. The molecule has 0 spiro atoms. The predicted octanol–water partition coefficient (Wildman–Crippen LogP) is 3.23. The van der Waals surface area contributed by atoms with Crippen LogP contribution in [-0.4, -0.2) is 27.1 Å². The summed E-state index contributed by atoms with van der Waals surface area (Å²) in [5.41, 5.74) is -2.52. The van der Waals surface area contributed by atoms with Gasteiger partial charge in [0.1, 0.15) is 23.0 Å². The van der Waals surface area contributed by atoms with Gasteiger partial charge in [-0.1, -0.05) is 0 Å². The zero-order valence-electron chi connectivity index (χ0n) is 11.9. The monoisotopic (exact) mass is 361 g/mol. The van der Waals surface area contributed by atoms with Crippen molar-refractivity contribution in [2.24, 2.45) is 0 Å². The van der Waals surface area contributed by atoms with E-state index in [9.17, 15) is 37.3 Å². The first kappa shape index (κ1) is 19.5. The summed E-state index contributed by atoms with van der Waals surface area (Å²) < 4.78 is 50.0. The second-order valence-electron chi connectivity index (χ2n) is 4.28. The summed E-state index contributed by atoms with van der Waals surface area (Å²) in [5, 5.41) is 26.8. The minimum absolute atomic E-state index is 0.168. The van der Waals surface area contributed by atoms with Gasteiger partial charge < -0.3 is 10.2 Å². The quantitative estimate of drug-likeness (QED) is 0.492. The molecule has 0 atom stereocenters. The van der Waals surface area contributed by atoms with Crippen LogP contribution in [0.4, 0.5) is 23.2 Å². The van der Waals surface area contributed by atoms with Crippen LogP contribution in [0, 0.1) is 33.4 Å². The number of carbonyl (C=O) groups is 2. The van der Waals surface area contributed by atoms with E-state index < -0.39 is 56.9 Å². The lowest BCUT2D eigenvalue weighted by atomic mass is 10.2. The maximum absolute atomic E-state index is 12.7. The molecule has 132 valence electrons. The standard InChI is InChI=1S/C7H3F2NO4.C7H4F2O2/c8-4-2-5(9)6(10(13)14)1-3(4)7(11)12;8-4-1-2-5(7(10)11)6(9)3-4/h1-2H,(H,11,12);1-3H,(H,10,11). The fourth-order valence-corrected chi connectivity index (χ4v) is 1.50. The number of nitrogens with zero attached hydrogens (tertiary/aromatic N) is 1. The molecule has 2 aromatic carbocycles. The molecule has 0 heterocycles. The van der Waals surface area contributed by atoms with Crippen molar-refractivity contribution in [2.45, 2.75) is 0 Å². The highest BCUT2D eigenvalue weighted by Gasteiger charge is 2.21. The van der Waals surface area contributed by atoms with Crippen LogP contribution in [0.2, 0.25) is 0 Å². The van der Waals surface area contributed by atoms with Gasteiger partial charge in [-0.2, -0.15) is 4.39 Å². The first-order valence-corrected chi connectivity index (χ1v) is 6.09. The summed E-state index contributed by atoms with van der Waals surface area (Å²) in [5.74, 6) is -7.68. The van der Waals surface area contributed by atoms with Crippen molar-refractivity contribution < 1.29 is 42.3 Å². The molecule has 25 heavy (non-hydrogen) atoms. The van der Waals surface area contributed by atoms with Crippen LogP contribution in [0.5, 0.6) is 0 Å². The molecule has 0 unspecified atom stereocenters. The minimum atomic E-state index is -1.69. The molecule has 0 fully saturated rings. The lowest BCUT2D eigenvalue weighted by Gasteiger charge is -1.98. The molecular formula is C14H7F4NO6. The number of halogens is 4. The number of benzene rings is 2. The van der Waals surface area contributed by atoms with Crippen LogP contribution in [0.1, 0.15) is 20.7 Å². The third-order valence-corrected chi connectivity index (χ3v) is 2.63. The van der Waals surface area contributed by atoms with Gasteiger partial charge in [-0.05, 0) is 12.1 Å². The number of aromatic carboxylic acids is 2. The molecule has 0 saturated carbocycles. The Morgan fingerprint density at radius 1 is 0.840 bits per heavy atom. The van der Waals surface area contributed by atoms with E-state index in [-0.39, 0.29) is 6.07 Å². The SMILES string of the molecule is O=C(O)c1cc([N+](=O)[O-])c(F)cc1F.O=C(O)c1ccc(F)cc1F. The van der Waals surface area contributed by atoms with Crippen molar-refractivity contribution in [1.29, 1.82) is 0 Å². The molecule has 2 aromatic rings. The lowest BCUT2D eigenvalue weighted by molar-refractivity contribution is -0.387. The van der Waals surface area contributed by atoms with Gasteiger partial charge in [0.15, 0.2) is 0 Å². The van der Waals surface area contributed by atoms with E-state index in [1.165, 1.54) is 0 Å². The summed E-state index contributed by atoms with van der Waals surface area (Å²) in [6.07, 6.45) is 0. The molecule has 0 aliphatic rings. The Kier molecular flexibility index (Phi) is 6.14. The van der Waals surface area contributed by atoms with Gasteiger partial charge in [0.05, 0.1) is 10.5 Å². The van der Waals surface area contributed by atoms with E-state index in [0.29, 0.717) is 12.1 Å². The second-order valence-corrected chi connectivity index (χ2v) is 4.28. The fourth-order valence-electron chi connectivity index (χ4n) is 1.50. The van der Waals surface area contributed by atoms with Gasteiger partial charge in [0.2, 0.25) is 5.82 Å². The molecule has 0 radical (unpaired) electrons. The molecule has 2 N–H and O–H groups in total. The number of rotatable bonds is 3. The van der Waals surface area contributed by atoms with Crippen molar-refractivity contribution in [3.8, 4) is 0 Å². The van der Waals surface area contributed by atoms with Crippen molar-refractivity contribution in [1.82, 2.24) is 0 Å². The Labute approximate surface area is 135 Å². The van der Waals surface area contributed by atoms with Crippen LogP contribution in [-0.2, 0) is 0 Å². The van der Waals surface area contributed by atoms with E-state index in [2.05, 4.69) is 0 Å². The normalized spacial score (nSPS) is 9.76. The van der Waals surface area contributed by atoms with Crippen molar-refractivity contribution in [2.75, 3.05) is 0 Å². The van der Waals surface area contributed by atoms with Gasteiger partial charge in [-0.3, -0.25) is 10.1 Å². The summed E-state index contributed by atoms with van der Waals surface area (Å²) >= 11 is 0. The van der Waals surface area contributed by atoms with Gasteiger partial charge >= 0.3 is 17.6 Å². The minimum Gasteiger partial charge on any atom is -0.478 e. The number of carboxylic acid groups (broad SMARTS) is 2. The fraction of sp³-hybridized carbons (Fsp3) is 0. The topological polar surface area (TPSA) is 118 Å². The smallest absolute Gasteiger partial charge is 0.338 e. The number of hydrogen-bond donors (Lipinski definition) is 2. The summed E-state index contributed by atoms with van der Waals surface area (Å²) in [6, 6.07) is 2.82. The second kappa shape index (κ2) is 7.86. The predicted molar refractivity (Wildman–Crippen MR) is 73.3 cm³/mol. The Morgan fingerprint density at radius 3 is 1.80 bits per heavy atom. The first-order valence-electron chi connectivity index (χ1n) is 6.09. The van der Waals surface area contributed by atoms with Crippen LogP contribution >= 0.6 is 0 Å². The van der Waals surface area contributed by atoms with Crippen LogP contribution in [0.25, 0.3) is 0 Å². The molecule has 0 aliphatic heterocycles. The summed E-state index contributed by atoms with van der Waals surface area (Å²) in [4.78, 5) is 29.5. The Bertz CT molecular complexity index is 820. The highest BCUT2D eigenvalue weighted by molar-refractivity contribution is 5.88. The average Bonchev–Trinajstić information content (AvgIpc) is 2.46. The zero-order valence-corrected chi connectivity index (χ0v) is 11.9. The van der Waals surface area contributed by atoms with Gasteiger partial charge in [0.25, 0.3) is 0 Å². The van der Waals surface area contributed by atoms with E-state index in [1.54, 1.807) is 0 Å². The Balaban J connectivity index is 0.000000257. The average molecular weight is 361 g/mol. The van der Waals surface area contributed by atoms with Crippen molar-refractivity contribution >= 4 is 17.6 Å². The van der Waals surface area contributed by atoms with Gasteiger partial charge in [0, 0.05) is 18.2 Å². The molecule has 0 aromatic heterocycles. The zero-order chi connectivity index (χ0) is 19.3. The highest BCUT2D eigenvalue weighted by Crippen LogP contribution is 2.21. The van der Waals surface area contributed by atoms with Crippen LogP contribution in [0.15, 0.2) is 30.3 Å². The van der Waals surface area contributed by atoms with Crippen molar-refractivity contribution in [3.05, 3.63) is 74.8 Å². The van der Waals surface area contributed by atoms with E-state index in [4.69, 9.17) is 10.2 Å². The third-order valence-electron chi connectivity index (χ3n) is 2.63. The molecule has 0 amide bonds. The molecular weight excluding hydrogens is 354 g/mol. The number of nitro groups is 1. The van der Waals surface area contributed by atoms with Crippen molar-refractivity contribution in [3.63, 3.8) is 0 Å². The van der Waals surface area contributed by atoms with Crippen LogP contribution < -0.4 is 0 Å². The molecule has 7 nitrogen and oxygen atoms in total. The van der Waals surface area contributed by atoms with Gasteiger partial charge in [-0.25, -0.2) is 22.8 Å². The van der Waals surface area contributed by atoms with E-state index in [1.807, 2.05) is 0 Å². The molecule has 11 heteroatoms. The molecule has 2 rings (SSSR count). The van der Waals surface area contributed by atoms with Crippen LogP contribution in [0.3, 0.4) is 0 Å². The first-order chi connectivity index (χ1) is 11.5. The largest absolute Gasteiger partial charge is 0.478 e. The lowest BCUT2D eigenvalue weighted by Crippen LogP contribution is -2.03. The number of nitro benzene ring substituents is 1. The maximum Gasteiger partial charge on any atom is 0.338 e. The molecule has 0 saturated heterocycles. The maximum atomic E-state index is 12.7. The summed E-state index contributed by atoms with van der Waals surface area (Å²) in [6.45, 7) is 0. The molecule has 0 bridgehead atoms. The third kappa shape index (κ3) is 4.99. The molecule has 0 aliphatic carbocycles. The summed E-state index contributed by atoms with van der Waals surface area (Å²) in [7, 11) is 0. The van der Waals surface area contributed by atoms with E-state index in [0.717, 1.165) is 12.1 Å². The Hall–Kier alpha value is -3.50. The highest BCUT2D eigenvalue weighted by atomic mass is 19.1. The Morgan fingerprint density at radius 2 is 1.36 bits per heavy atom. The number of carboxylic acids is 2. The van der Waals surface area contributed by atoms with E-state index >= 15 is 0 Å².